The van der Waals surface area contributed by atoms with E-state index in [1.165, 1.54) is 0 Å². The predicted molar refractivity (Wildman–Crippen MR) is 67.3 cm³/mol. The monoisotopic (exact) mass is 275 g/mol. The molecule has 0 aliphatic carbocycles. The van der Waals surface area contributed by atoms with Gasteiger partial charge >= 0.3 is 12.0 Å². The third kappa shape index (κ3) is 5.26. The Morgan fingerprint density at radius 2 is 2.11 bits per heavy atom. The second kappa shape index (κ2) is 7.10. The minimum Gasteiger partial charge on any atom is -0.480 e. The second-order valence-corrected chi connectivity index (χ2v) is 5.45. The highest BCUT2D eigenvalue weighted by molar-refractivity contribution is 8.00. The van der Waals surface area contributed by atoms with Gasteiger partial charge in [-0.1, -0.05) is 0 Å². The molecule has 7 nitrogen and oxygen atoms in total. The van der Waals surface area contributed by atoms with E-state index >= 15 is 0 Å². The molecule has 1 rings (SSSR count). The Balaban J connectivity index is 2.41. The largest absolute Gasteiger partial charge is 0.480 e. The number of primary amides is 1. The van der Waals surface area contributed by atoms with Gasteiger partial charge in [-0.15, -0.1) is 0 Å². The van der Waals surface area contributed by atoms with Crippen LogP contribution in [0, 0.1) is 0 Å². The van der Waals surface area contributed by atoms with Crippen LogP contribution in [0.4, 0.5) is 4.79 Å². The lowest BCUT2D eigenvalue weighted by Crippen LogP contribution is -2.47. The number of carboxylic acid groups (broad SMARTS) is 1. The highest BCUT2D eigenvalue weighted by Gasteiger charge is 2.21. The van der Waals surface area contributed by atoms with Gasteiger partial charge in [-0.05, 0) is 18.6 Å². The highest BCUT2D eigenvalue weighted by Crippen LogP contribution is 2.25. The zero-order valence-corrected chi connectivity index (χ0v) is 10.7. The summed E-state index contributed by atoms with van der Waals surface area (Å²) in [6.07, 6.45) is 2.17. The molecule has 0 aromatic carbocycles. The number of urea groups is 1. The summed E-state index contributed by atoms with van der Waals surface area (Å²) in [5, 5.41) is 11.6. The molecule has 1 aliphatic rings. The van der Waals surface area contributed by atoms with Crippen molar-refractivity contribution in [2.75, 3.05) is 25.4 Å². The van der Waals surface area contributed by atoms with Gasteiger partial charge in [0.25, 0.3) is 0 Å². The average molecular weight is 275 g/mol. The molecule has 18 heavy (non-hydrogen) atoms. The Hall–Kier alpha value is -1.44. The van der Waals surface area contributed by atoms with Crippen molar-refractivity contribution in [3.63, 3.8) is 0 Å². The summed E-state index contributed by atoms with van der Waals surface area (Å²) >= 11 is 1.78. The van der Waals surface area contributed by atoms with Crippen LogP contribution in [-0.2, 0) is 9.59 Å². The fourth-order valence-electron chi connectivity index (χ4n) is 1.67. The number of nitrogens with two attached hydrogens (primary N) is 1. The summed E-state index contributed by atoms with van der Waals surface area (Å²) in [6.45, 7) is -0.444. The smallest absolute Gasteiger partial charge is 0.323 e. The molecule has 4 N–H and O–H groups in total. The molecule has 1 unspecified atom stereocenters. The van der Waals surface area contributed by atoms with E-state index < -0.39 is 31.0 Å². The Morgan fingerprint density at radius 3 is 2.61 bits per heavy atom. The second-order valence-electron chi connectivity index (χ2n) is 4.04. The molecule has 0 aromatic heterocycles. The van der Waals surface area contributed by atoms with Gasteiger partial charge in [-0.25, -0.2) is 4.79 Å². The van der Waals surface area contributed by atoms with Crippen LogP contribution in [0.15, 0.2) is 0 Å². The maximum Gasteiger partial charge on any atom is 0.323 e. The molecular weight excluding hydrogens is 258 g/mol. The van der Waals surface area contributed by atoms with Crippen LogP contribution in [0.3, 0.4) is 0 Å². The van der Waals surface area contributed by atoms with E-state index in [4.69, 9.17) is 10.8 Å². The first kappa shape index (κ1) is 14.6. The zero-order valence-electron chi connectivity index (χ0n) is 9.92. The van der Waals surface area contributed by atoms with Crippen LogP contribution in [0.1, 0.15) is 12.8 Å². The van der Waals surface area contributed by atoms with Gasteiger partial charge in [-0.3, -0.25) is 9.59 Å². The van der Waals surface area contributed by atoms with E-state index in [1.54, 1.807) is 11.8 Å². The summed E-state index contributed by atoms with van der Waals surface area (Å²) in [5.41, 5.74) is 4.97. The molecule has 0 radical (unpaired) electrons. The fourth-order valence-corrected chi connectivity index (χ4v) is 2.87. The Labute approximate surface area is 109 Å². The Morgan fingerprint density at radius 1 is 1.39 bits per heavy atom. The van der Waals surface area contributed by atoms with Crippen molar-refractivity contribution >= 4 is 29.7 Å². The third-order valence-corrected chi connectivity index (χ3v) is 3.86. The zero-order chi connectivity index (χ0) is 13.5. The van der Waals surface area contributed by atoms with Crippen LogP contribution in [0.25, 0.3) is 0 Å². The summed E-state index contributed by atoms with van der Waals surface area (Å²) < 4.78 is 0. The van der Waals surface area contributed by atoms with E-state index in [0.29, 0.717) is 11.8 Å². The van der Waals surface area contributed by atoms with Gasteiger partial charge in [-0.2, -0.15) is 11.8 Å². The van der Waals surface area contributed by atoms with Gasteiger partial charge in [0.2, 0.25) is 5.91 Å². The number of hydrogen-bond acceptors (Lipinski definition) is 4. The molecule has 102 valence electrons. The number of aliphatic carboxylic acids is 1. The van der Waals surface area contributed by atoms with Crippen LogP contribution in [0.2, 0.25) is 0 Å². The van der Waals surface area contributed by atoms with Crippen LogP contribution in [0.5, 0.6) is 0 Å². The number of carbonyl (C=O) groups excluding carboxylic acids is 2. The van der Waals surface area contributed by atoms with Crippen molar-refractivity contribution in [2.45, 2.75) is 18.1 Å². The quantitative estimate of drug-likeness (QED) is 0.603. The SMILES string of the molecule is NC(=O)CN(CC(=O)O)C(=O)NCC1CCCS1. The number of hydrogen-bond donors (Lipinski definition) is 3. The Kier molecular flexibility index (Phi) is 5.76. The molecule has 0 bridgehead atoms. The van der Waals surface area contributed by atoms with Crippen molar-refractivity contribution < 1.29 is 19.5 Å². The summed E-state index contributed by atoms with van der Waals surface area (Å²) in [6, 6.07) is -0.566. The molecule has 1 saturated heterocycles. The molecule has 1 heterocycles. The molecule has 8 heteroatoms. The van der Waals surface area contributed by atoms with Gasteiger partial charge in [0.1, 0.15) is 13.1 Å². The van der Waals surface area contributed by atoms with E-state index in [1.807, 2.05) is 0 Å². The van der Waals surface area contributed by atoms with E-state index in [-0.39, 0.29) is 0 Å². The Bertz CT molecular complexity index is 315. The first-order valence-electron chi connectivity index (χ1n) is 5.63. The minimum atomic E-state index is -1.18. The molecule has 0 spiro atoms. The van der Waals surface area contributed by atoms with Gasteiger partial charge < -0.3 is 21.1 Å². The third-order valence-electron chi connectivity index (χ3n) is 2.46. The topological polar surface area (TPSA) is 113 Å². The van der Waals surface area contributed by atoms with E-state index in [0.717, 1.165) is 23.5 Å². The minimum absolute atomic E-state index is 0.370. The molecule has 0 aromatic rings. The van der Waals surface area contributed by atoms with Crippen molar-refractivity contribution in [3.8, 4) is 0 Å². The van der Waals surface area contributed by atoms with E-state index in [9.17, 15) is 14.4 Å². The molecule has 3 amide bonds. The molecule has 1 atom stereocenters. The fraction of sp³-hybridized carbons (Fsp3) is 0.700. The summed E-state index contributed by atoms with van der Waals surface area (Å²) in [5.74, 6) is -0.830. The normalized spacial score (nSPS) is 18.3. The lowest BCUT2D eigenvalue weighted by atomic mass is 10.2. The van der Waals surface area contributed by atoms with E-state index in [2.05, 4.69) is 5.32 Å². The van der Waals surface area contributed by atoms with Crippen molar-refractivity contribution in [1.29, 1.82) is 0 Å². The van der Waals surface area contributed by atoms with Gasteiger partial charge in [0.15, 0.2) is 0 Å². The maximum atomic E-state index is 11.7. The number of carboxylic acids is 1. The number of rotatable bonds is 6. The molecule has 1 aliphatic heterocycles. The van der Waals surface area contributed by atoms with Gasteiger partial charge in [0.05, 0.1) is 0 Å². The van der Waals surface area contributed by atoms with Crippen molar-refractivity contribution in [1.82, 2.24) is 10.2 Å². The van der Waals surface area contributed by atoms with Crippen LogP contribution < -0.4 is 11.1 Å². The number of amides is 3. The first-order chi connectivity index (χ1) is 8.49. The van der Waals surface area contributed by atoms with Crippen molar-refractivity contribution in [3.05, 3.63) is 0 Å². The summed E-state index contributed by atoms with van der Waals surface area (Å²) in [7, 11) is 0. The van der Waals surface area contributed by atoms with Gasteiger partial charge in [0, 0.05) is 11.8 Å². The molecule has 1 fully saturated rings. The average Bonchev–Trinajstić information content (AvgIpc) is 2.76. The van der Waals surface area contributed by atoms with Crippen molar-refractivity contribution in [2.24, 2.45) is 5.73 Å². The lowest BCUT2D eigenvalue weighted by molar-refractivity contribution is -0.137. The lowest BCUT2D eigenvalue weighted by Gasteiger charge is -2.20. The van der Waals surface area contributed by atoms with Crippen LogP contribution in [-0.4, -0.2) is 58.6 Å². The number of carbonyl (C=O) groups is 3. The predicted octanol–water partition coefficient (Wildman–Crippen LogP) is -0.536. The highest BCUT2D eigenvalue weighted by atomic mass is 32.2. The van der Waals surface area contributed by atoms with Crippen LogP contribution >= 0.6 is 11.8 Å². The maximum absolute atomic E-state index is 11.7. The molecule has 0 saturated carbocycles. The number of nitrogens with zero attached hydrogens (tertiary/aromatic N) is 1. The standard InChI is InChI=1S/C10H17N3O4S/c11-8(14)5-13(6-9(15)16)10(17)12-4-7-2-1-3-18-7/h7H,1-6H2,(H2,11,14)(H,12,17)(H,15,16). The molecular formula is C10H17N3O4S. The number of thioether (sulfide) groups is 1. The first-order valence-corrected chi connectivity index (χ1v) is 6.68. The summed E-state index contributed by atoms with van der Waals surface area (Å²) in [4.78, 5) is 33.9. The number of nitrogens with one attached hydrogen (secondary N) is 1.